The Morgan fingerprint density at radius 2 is 1.81 bits per heavy atom. The molecule has 6 heteroatoms. The molecule has 5 nitrogen and oxygen atoms in total. The second-order valence-electron chi connectivity index (χ2n) is 6.21. The topological polar surface area (TPSA) is 64.1 Å². The third-order valence-corrected chi connectivity index (χ3v) is 5.31. The highest BCUT2D eigenvalue weighted by Gasteiger charge is 2.19. The lowest BCUT2D eigenvalue weighted by atomic mass is 9.96. The summed E-state index contributed by atoms with van der Waals surface area (Å²) in [7, 11) is 1.66. The van der Waals surface area contributed by atoms with Gasteiger partial charge in [-0.25, -0.2) is 0 Å². The van der Waals surface area contributed by atoms with Gasteiger partial charge >= 0.3 is 0 Å². The molecule has 0 saturated heterocycles. The minimum absolute atomic E-state index is 0.0402. The first kappa shape index (κ1) is 19.0. The third kappa shape index (κ3) is 5.14. The van der Waals surface area contributed by atoms with E-state index in [1.165, 1.54) is 16.9 Å². The van der Waals surface area contributed by atoms with Crippen molar-refractivity contribution in [3.63, 3.8) is 0 Å². The van der Waals surface area contributed by atoms with Gasteiger partial charge in [-0.2, -0.15) is 0 Å². The Balaban J connectivity index is 1.57. The molecule has 0 radical (unpaired) electrons. The van der Waals surface area contributed by atoms with E-state index < -0.39 is 0 Å². The zero-order valence-corrected chi connectivity index (χ0v) is 16.3. The first-order valence-corrected chi connectivity index (χ1v) is 9.82. The Hall–Kier alpha value is -2.73. The van der Waals surface area contributed by atoms with Crippen LogP contribution in [-0.4, -0.2) is 23.2 Å². The number of aromatic nitrogens is 2. The van der Waals surface area contributed by atoms with Gasteiger partial charge in [-0.3, -0.25) is 10.1 Å². The van der Waals surface area contributed by atoms with Gasteiger partial charge in [-0.1, -0.05) is 60.7 Å². The average molecular weight is 382 g/mol. The normalized spacial score (nSPS) is 11.8. The van der Waals surface area contributed by atoms with E-state index in [4.69, 9.17) is 4.74 Å². The number of carbonyl (C=O) groups excluding carboxylic acids is 1. The van der Waals surface area contributed by atoms with Gasteiger partial charge in [0.1, 0.15) is 10.8 Å². The number of carbonyl (C=O) groups is 1. The van der Waals surface area contributed by atoms with Crippen molar-refractivity contribution in [2.24, 2.45) is 0 Å². The van der Waals surface area contributed by atoms with Gasteiger partial charge in [0.15, 0.2) is 0 Å². The molecule has 0 aliphatic heterocycles. The number of rotatable bonds is 8. The molecule has 140 valence electrons. The molecular formula is C21H23N3O2S. The Labute approximate surface area is 163 Å². The fraction of sp³-hybridized carbons (Fsp3) is 0.286. The first-order chi connectivity index (χ1) is 13.2. The summed E-state index contributed by atoms with van der Waals surface area (Å²) in [6.45, 7) is 2.01. The monoisotopic (exact) mass is 381 g/mol. The van der Waals surface area contributed by atoms with E-state index in [0.29, 0.717) is 5.13 Å². The smallest absolute Gasteiger partial charge is 0.233 e. The molecule has 27 heavy (non-hydrogen) atoms. The predicted molar refractivity (Wildman–Crippen MR) is 108 cm³/mol. The van der Waals surface area contributed by atoms with Crippen LogP contribution in [0.25, 0.3) is 0 Å². The van der Waals surface area contributed by atoms with Crippen molar-refractivity contribution >= 4 is 22.4 Å². The van der Waals surface area contributed by atoms with Gasteiger partial charge in [0.05, 0.1) is 13.0 Å². The van der Waals surface area contributed by atoms with Crippen molar-refractivity contribution in [1.82, 2.24) is 10.2 Å². The molecule has 0 unspecified atom stereocenters. The molecule has 1 atom stereocenters. The molecule has 0 bridgehead atoms. The fourth-order valence-corrected chi connectivity index (χ4v) is 3.64. The number of ether oxygens (including phenoxy) is 1. The molecule has 3 aromatic rings. The Morgan fingerprint density at radius 1 is 1.07 bits per heavy atom. The van der Waals surface area contributed by atoms with Crippen LogP contribution in [0.15, 0.2) is 54.6 Å². The largest absolute Gasteiger partial charge is 0.497 e. The minimum atomic E-state index is -0.183. The van der Waals surface area contributed by atoms with Gasteiger partial charge < -0.3 is 4.74 Å². The van der Waals surface area contributed by atoms with Crippen molar-refractivity contribution in [1.29, 1.82) is 0 Å². The van der Waals surface area contributed by atoms with Gasteiger partial charge in [-0.05, 0) is 36.1 Å². The number of aryl methyl sites for hydroxylation is 2. The van der Waals surface area contributed by atoms with E-state index in [2.05, 4.69) is 15.5 Å². The number of methoxy groups -OCH3 is 1. The lowest BCUT2D eigenvalue weighted by Crippen LogP contribution is -2.20. The van der Waals surface area contributed by atoms with E-state index >= 15 is 0 Å². The zero-order valence-electron chi connectivity index (χ0n) is 15.5. The zero-order chi connectivity index (χ0) is 19.1. The summed E-state index contributed by atoms with van der Waals surface area (Å²) >= 11 is 1.43. The van der Waals surface area contributed by atoms with Crippen LogP contribution in [0.3, 0.4) is 0 Å². The second kappa shape index (κ2) is 9.28. The van der Waals surface area contributed by atoms with E-state index in [9.17, 15) is 4.79 Å². The van der Waals surface area contributed by atoms with E-state index in [1.54, 1.807) is 7.11 Å². The summed E-state index contributed by atoms with van der Waals surface area (Å²) in [5.74, 6) is 0.628. The van der Waals surface area contributed by atoms with Crippen molar-refractivity contribution in [2.75, 3.05) is 12.4 Å². The summed E-state index contributed by atoms with van der Waals surface area (Å²) in [5.41, 5.74) is 2.23. The van der Waals surface area contributed by atoms with Crippen LogP contribution in [0, 0.1) is 0 Å². The molecule has 3 rings (SSSR count). The van der Waals surface area contributed by atoms with Crippen LogP contribution >= 0.6 is 11.3 Å². The van der Waals surface area contributed by atoms with E-state index in [1.807, 2.05) is 61.5 Å². The van der Waals surface area contributed by atoms with Crippen molar-refractivity contribution in [2.45, 2.75) is 32.1 Å². The fourth-order valence-electron chi connectivity index (χ4n) is 2.90. The molecule has 1 heterocycles. The summed E-state index contributed by atoms with van der Waals surface area (Å²) in [6, 6.07) is 17.8. The van der Waals surface area contributed by atoms with Gasteiger partial charge in [0.2, 0.25) is 11.0 Å². The van der Waals surface area contributed by atoms with Crippen LogP contribution in [0.1, 0.15) is 35.4 Å². The van der Waals surface area contributed by atoms with Crippen molar-refractivity contribution in [3.05, 3.63) is 70.7 Å². The van der Waals surface area contributed by atoms with Gasteiger partial charge in [0.25, 0.3) is 0 Å². The quantitative estimate of drug-likeness (QED) is 0.625. The Morgan fingerprint density at radius 3 is 2.48 bits per heavy atom. The Kier molecular flexibility index (Phi) is 6.54. The average Bonchev–Trinajstić information content (AvgIpc) is 3.15. The molecule has 1 N–H and O–H groups in total. The highest BCUT2D eigenvalue weighted by molar-refractivity contribution is 7.15. The number of hydrogen-bond donors (Lipinski definition) is 1. The predicted octanol–water partition coefficient (Wildman–Crippen LogP) is 4.46. The number of nitrogens with one attached hydrogen (secondary N) is 1. The van der Waals surface area contributed by atoms with Crippen molar-refractivity contribution < 1.29 is 9.53 Å². The standard InChI is InChI=1S/C21H23N3O2S/c1-3-18(16-7-5-4-6-8-16)20(25)22-21-24-23-19(27-21)14-11-15-9-12-17(26-2)13-10-15/h4-10,12-13,18H,3,11,14H2,1-2H3,(H,22,24,25)/t18-/m1/s1. The van der Waals surface area contributed by atoms with Gasteiger partial charge in [-0.15, -0.1) is 10.2 Å². The molecule has 0 saturated carbocycles. The summed E-state index contributed by atoms with van der Waals surface area (Å²) < 4.78 is 5.17. The molecule has 0 fully saturated rings. The van der Waals surface area contributed by atoms with Crippen LogP contribution < -0.4 is 10.1 Å². The van der Waals surface area contributed by atoms with E-state index in [0.717, 1.165) is 35.6 Å². The molecule has 0 spiro atoms. The maximum atomic E-state index is 12.6. The molecule has 0 aliphatic carbocycles. The number of hydrogen-bond acceptors (Lipinski definition) is 5. The van der Waals surface area contributed by atoms with Crippen LogP contribution in [0.4, 0.5) is 5.13 Å². The first-order valence-electron chi connectivity index (χ1n) is 9.00. The third-order valence-electron chi connectivity index (χ3n) is 4.41. The lowest BCUT2D eigenvalue weighted by molar-refractivity contribution is -0.117. The highest BCUT2D eigenvalue weighted by atomic mass is 32.1. The van der Waals surface area contributed by atoms with Gasteiger partial charge in [0, 0.05) is 6.42 Å². The lowest BCUT2D eigenvalue weighted by Gasteiger charge is -2.13. The number of anilines is 1. The summed E-state index contributed by atoms with van der Waals surface area (Å²) in [4.78, 5) is 12.6. The van der Waals surface area contributed by atoms with E-state index in [-0.39, 0.29) is 11.8 Å². The van der Waals surface area contributed by atoms with Crippen LogP contribution in [0.2, 0.25) is 0 Å². The number of amides is 1. The van der Waals surface area contributed by atoms with Crippen LogP contribution in [-0.2, 0) is 17.6 Å². The number of benzene rings is 2. The SMILES string of the molecule is CC[C@@H](C(=O)Nc1nnc(CCc2ccc(OC)cc2)s1)c1ccccc1. The summed E-state index contributed by atoms with van der Waals surface area (Å²) in [6.07, 6.45) is 2.39. The molecule has 0 aliphatic rings. The molecule has 1 aromatic heterocycles. The minimum Gasteiger partial charge on any atom is -0.497 e. The van der Waals surface area contributed by atoms with Crippen LogP contribution in [0.5, 0.6) is 5.75 Å². The number of nitrogens with zero attached hydrogens (tertiary/aromatic N) is 2. The maximum absolute atomic E-state index is 12.6. The highest BCUT2D eigenvalue weighted by Crippen LogP contribution is 2.23. The molecular weight excluding hydrogens is 358 g/mol. The molecule has 2 aromatic carbocycles. The maximum Gasteiger partial charge on any atom is 0.233 e. The van der Waals surface area contributed by atoms with Crippen molar-refractivity contribution in [3.8, 4) is 5.75 Å². The summed E-state index contributed by atoms with van der Waals surface area (Å²) in [5, 5.41) is 12.7. The second-order valence-corrected chi connectivity index (χ2v) is 7.27. The Bertz CT molecular complexity index is 863. The molecule has 1 amide bonds.